The summed E-state index contributed by atoms with van der Waals surface area (Å²) in [5, 5.41) is 13.2. The summed E-state index contributed by atoms with van der Waals surface area (Å²) in [4.78, 5) is 44.8. The molecule has 0 fully saturated rings. The first-order chi connectivity index (χ1) is 10.8. The van der Waals surface area contributed by atoms with Gasteiger partial charge in [0.15, 0.2) is 0 Å². The van der Waals surface area contributed by atoms with E-state index in [-0.39, 0.29) is 18.6 Å². The Labute approximate surface area is 140 Å². The minimum atomic E-state index is -1.16. The molecule has 0 saturated carbocycles. The lowest BCUT2D eigenvalue weighted by atomic mass is 10.1. The van der Waals surface area contributed by atoms with Crippen LogP contribution in [-0.4, -0.2) is 59.3 Å². The Hall–Kier alpha value is -1.61. The number of nitrogens with one attached hydrogen (secondary N) is 2. The number of carbonyl (C=O) groups excluding carboxylic acids is 3. The number of rotatable bonds is 10. The summed E-state index contributed by atoms with van der Waals surface area (Å²) >= 11 is 1.34. The molecule has 0 aliphatic carbocycles. The Morgan fingerprint density at radius 1 is 1.22 bits per heavy atom. The number of aliphatic carboxylic acids is 1. The van der Waals surface area contributed by atoms with E-state index in [1.54, 1.807) is 6.26 Å². The van der Waals surface area contributed by atoms with Crippen LogP contribution in [0.3, 0.4) is 0 Å². The van der Waals surface area contributed by atoms with Crippen LogP contribution in [-0.2, 0) is 19.2 Å². The first-order valence-electron chi connectivity index (χ1n) is 7.31. The standard InChI is InChI=1S/C12H21N3O5S.C2H6/c1-7(16)8(13)3-4-10(17)15-9(6-21-2)12(20)14-5-11(18)19;1-2/h8-9H,3-6,13H2,1-2H3,(H,14,20)(H,15,17)(H,18,19);1-2H3/t8-,9-;/m0./s1. The van der Waals surface area contributed by atoms with Gasteiger partial charge in [-0.25, -0.2) is 0 Å². The Bertz CT molecular complexity index is 404. The van der Waals surface area contributed by atoms with E-state index in [0.29, 0.717) is 5.75 Å². The summed E-state index contributed by atoms with van der Waals surface area (Å²) in [5.74, 6) is -2.02. The molecule has 0 aliphatic heterocycles. The number of nitrogens with two attached hydrogens (primary N) is 1. The molecular weight excluding hydrogens is 322 g/mol. The molecule has 0 bridgehead atoms. The highest BCUT2D eigenvalue weighted by Gasteiger charge is 2.21. The van der Waals surface area contributed by atoms with E-state index in [1.165, 1.54) is 18.7 Å². The van der Waals surface area contributed by atoms with Gasteiger partial charge in [0, 0.05) is 12.2 Å². The minimum absolute atomic E-state index is 0.0256. The second-order valence-electron chi connectivity index (χ2n) is 4.44. The number of hydrogen-bond acceptors (Lipinski definition) is 6. The topological polar surface area (TPSA) is 139 Å². The maximum Gasteiger partial charge on any atom is 0.322 e. The molecule has 0 aromatic rings. The van der Waals surface area contributed by atoms with E-state index in [0.717, 1.165) is 0 Å². The molecule has 0 unspecified atom stereocenters. The van der Waals surface area contributed by atoms with Gasteiger partial charge >= 0.3 is 5.97 Å². The number of ketones is 1. The molecule has 0 heterocycles. The molecule has 134 valence electrons. The molecule has 0 aromatic heterocycles. The van der Waals surface area contributed by atoms with Gasteiger partial charge in [-0.05, 0) is 19.6 Å². The highest BCUT2D eigenvalue weighted by atomic mass is 32.2. The van der Waals surface area contributed by atoms with Crippen molar-refractivity contribution < 1.29 is 24.3 Å². The number of thioether (sulfide) groups is 1. The monoisotopic (exact) mass is 349 g/mol. The molecule has 0 aromatic carbocycles. The predicted molar refractivity (Wildman–Crippen MR) is 90.2 cm³/mol. The van der Waals surface area contributed by atoms with Crippen molar-refractivity contribution in [3.05, 3.63) is 0 Å². The Morgan fingerprint density at radius 2 is 1.78 bits per heavy atom. The van der Waals surface area contributed by atoms with E-state index in [9.17, 15) is 19.2 Å². The molecule has 2 amide bonds. The maximum absolute atomic E-state index is 11.7. The van der Waals surface area contributed by atoms with Gasteiger partial charge in [-0.1, -0.05) is 13.8 Å². The third-order valence-electron chi connectivity index (χ3n) is 2.60. The van der Waals surface area contributed by atoms with E-state index < -0.39 is 36.4 Å². The zero-order valence-electron chi connectivity index (χ0n) is 14.0. The number of amides is 2. The largest absolute Gasteiger partial charge is 0.480 e. The molecule has 0 spiro atoms. The van der Waals surface area contributed by atoms with Crippen molar-refractivity contribution in [3.63, 3.8) is 0 Å². The molecule has 0 radical (unpaired) electrons. The van der Waals surface area contributed by atoms with Crippen molar-refractivity contribution in [1.29, 1.82) is 0 Å². The van der Waals surface area contributed by atoms with Gasteiger partial charge in [0.25, 0.3) is 0 Å². The van der Waals surface area contributed by atoms with Crippen LogP contribution < -0.4 is 16.4 Å². The van der Waals surface area contributed by atoms with E-state index in [4.69, 9.17) is 10.8 Å². The number of carboxylic acids is 1. The maximum atomic E-state index is 11.7. The van der Waals surface area contributed by atoms with Crippen LogP contribution in [0.1, 0.15) is 33.6 Å². The van der Waals surface area contributed by atoms with Gasteiger partial charge in [-0.2, -0.15) is 11.8 Å². The molecule has 0 saturated heterocycles. The fourth-order valence-corrected chi connectivity index (χ4v) is 1.96. The van der Waals surface area contributed by atoms with E-state index >= 15 is 0 Å². The third-order valence-corrected chi connectivity index (χ3v) is 3.27. The summed E-state index contributed by atoms with van der Waals surface area (Å²) in [6.45, 7) is 4.84. The van der Waals surface area contributed by atoms with Gasteiger partial charge in [0.1, 0.15) is 18.4 Å². The first kappa shape index (κ1) is 23.7. The van der Waals surface area contributed by atoms with Gasteiger partial charge < -0.3 is 21.5 Å². The first-order valence-corrected chi connectivity index (χ1v) is 8.71. The fraction of sp³-hybridized carbons (Fsp3) is 0.714. The average molecular weight is 349 g/mol. The van der Waals surface area contributed by atoms with Crippen molar-refractivity contribution in [2.75, 3.05) is 18.6 Å². The van der Waals surface area contributed by atoms with Crippen molar-refractivity contribution >= 4 is 35.3 Å². The number of hydrogen-bond donors (Lipinski definition) is 4. The molecule has 0 aliphatic rings. The predicted octanol–water partition coefficient (Wildman–Crippen LogP) is -0.242. The summed E-state index contributed by atoms with van der Waals surface area (Å²) in [6.07, 6.45) is 1.98. The van der Waals surface area contributed by atoms with Crippen LogP contribution in [0, 0.1) is 0 Å². The highest BCUT2D eigenvalue weighted by Crippen LogP contribution is 2.01. The quantitative estimate of drug-likeness (QED) is 0.427. The highest BCUT2D eigenvalue weighted by molar-refractivity contribution is 7.98. The van der Waals surface area contributed by atoms with Crippen LogP contribution in [0.2, 0.25) is 0 Å². The van der Waals surface area contributed by atoms with Gasteiger partial charge in [-0.3, -0.25) is 19.2 Å². The lowest BCUT2D eigenvalue weighted by Crippen LogP contribution is -2.49. The van der Waals surface area contributed by atoms with Gasteiger partial charge in [0.05, 0.1) is 6.04 Å². The second-order valence-corrected chi connectivity index (χ2v) is 5.35. The fourth-order valence-electron chi connectivity index (χ4n) is 1.39. The number of carboxylic acid groups (broad SMARTS) is 1. The summed E-state index contributed by atoms with van der Waals surface area (Å²) < 4.78 is 0. The van der Waals surface area contributed by atoms with Crippen LogP contribution in [0.5, 0.6) is 0 Å². The molecule has 2 atom stereocenters. The summed E-state index contributed by atoms with van der Waals surface area (Å²) in [5.41, 5.74) is 5.52. The average Bonchev–Trinajstić information content (AvgIpc) is 2.51. The van der Waals surface area contributed by atoms with E-state index in [2.05, 4.69) is 10.6 Å². The van der Waals surface area contributed by atoms with Gasteiger partial charge in [0.2, 0.25) is 11.8 Å². The molecule has 5 N–H and O–H groups in total. The number of carbonyl (C=O) groups is 4. The van der Waals surface area contributed by atoms with Crippen molar-refractivity contribution in [3.8, 4) is 0 Å². The van der Waals surface area contributed by atoms with Crippen molar-refractivity contribution in [2.45, 2.75) is 45.7 Å². The number of Topliss-reactive ketones (excluding diaryl/α,β-unsaturated/α-hetero) is 1. The van der Waals surface area contributed by atoms with Crippen molar-refractivity contribution in [1.82, 2.24) is 10.6 Å². The zero-order valence-corrected chi connectivity index (χ0v) is 14.9. The molecule has 0 rings (SSSR count). The summed E-state index contributed by atoms with van der Waals surface area (Å²) in [6, 6.07) is -1.52. The Kier molecular flexibility index (Phi) is 14.4. The molecule has 9 heteroatoms. The van der Waals surface area contributed by atoms with Crippen LogP contribution in [0.15, 0.2) is 0 Å². The smallest absolute Gasteiger partial charge is 0.322 e. The lowest BCUT2D eigenvalue weighted by Gasteiger charge is -2.17. The molecule has 23 heavy (non-hydrogen) atoms. The summed E-state index contributed by atoms with van der Waals surface area (Å²) in [7, 11) is 0. The SMILES string of the molecule is CC.CSC[C@H](NC(=O)CC[C@H](N)C(C)=O)C(=O)NCC(=O)O. The van der Waals surface area contributed by atoms with Gasteiger partial charge in [-0.15, -0.1) is 0 Å². The van der Waals surface area contributed by atoms with E-state index in [1.807, 2.05) is 13.8 Å². The van der Waals surface area contributed by atoms with Crippen LogP contribution in [0.25, 0.3) is 0 Å². The zero-order chi connectivity index (χ0) is 18.4. The van der Waals surface area contributed by atoms with Crippen LogP contribution in [0.4, 0.5) is 0 Å². The third kappa shape index (κ3) is 12.6. The molecule has 8 nitrogen and oxygen atoms in total. The normalized spacial score (nSPS) is 12.2. The Balaban J connectivity index is 0. The van der Waals surface area contributed by atoms with Crippen LogP contribution >= 0.6 is 11.8 Å². The van der Waals surface area contributed by atoms with Crippen molar-refractivity contribution in [2.24, 2.45) is 5.73 Å². The minimum Gasteiger partial charge on any atom is -0.480 e. The molecular formula is C14H27N3O5S. The Morgan fingerprint density at radius 3 is 2.22 bits per heavy atom. The lowest BCUT2D eigenvalue weighted by molar-refractivity contribution is -0.138. The second kappa shape index (κ2) is 14.0.